The van der Waals surface area contributed by atoms with Crippen molar-refractivity contribution in [3.63, 3.8) is 0 Å². The molecule has 0 aliphatic carbocycles. The van der Waals surface area contributed by atoms with Gasteiger partial charge in [-0.15, -0.1) is 0 Å². The molecule has 0 amide bonds. The van der Waals surface area contributed by atoms with Crippen LogP contribution in [0.4, 0.5) is 11.4 Å². The Morgan fingerprint density at radius 2 is 1.30 bits per heavy atom. The second kappa shape index (κ2) is 6.43. The molecule has 3 heterocycles. The Morgan fingerprint density at radius 1 is 0.704 bits per heavy atom. The van der Waals surface area contributed by atoms with Gasteiger partial charge < -0.3 is 4.57 Å². The second-order valence-electron chi connectivity index (χ2n) is 6.31. The molecule has 140 valence electrons. The van der Waals surface area contributed by atoms with E-state index in [9.17, 15) is 16.8 Å². The molecule has 1 aromatic heterocycles. The number of hydrogen-bond donors (Lipinski definition) is 2. The Balaban J connectivity index is 0.000000143. The van der Waals surface area contributed by atoms with Crippen molar-refractivity contribution in [2.45, 2.75) is 11.5 Å². The number of fused-ring (bicyclic) bond motifs is 2. The van der Waals surface area contributed by atoms with E-state index >= 15 is 0 Å². The molecule has 2 aliphatic heterocycles. The number of anilines is 2. The molecular formula is C18H17N3O4S2. The zero-order chi connectivity index (χ0) is 19.1. The number of para-hydroxylation sites is 1. The van der Waals surface area contributed by atoms with E-state index in [-0.39, 0.29) is 11.5 Å². The van der Waals surface area contributed by atoms with E-state index in [1.807, 2.05) is 59.4 Å². The lowest BCUT2D eigenvalue weighted by Crippen LogP contribution is -2.05. The van der Waals surface area contributed by atoms with E-state index in [1.54, 1.807) is 12.1 Å². The molecule has 0 saturated carbocycles. The van der Waals surface area contributed by atoms with Crippen LogP contribution in [0.15, 0.2) is 67.0 Å². The zero-order valence-corrected chi connectivity index (χ0v) is 15.8. The molecule has 0 radical (unpaired) electrons. The van der Waals surface area contributed by atoms with Crippen LogP contribution < -0.4 is 9.44 Å². The number of aromatic nitrogens is 1. The molecule has 0 bridgehead atoms. The quantitative estimate of drug-likeness (QED) is 0.653. The fraction of sp³-hybridized carbons (Fsp3) is 0.111. The van der Waals surface area contributed by atoms with Crippen LogP contribution in [0.5, 0.6) is 0 Å². The van der Waals surface area contributed by atoms with Crippen LogP contribution in [0.1, 0.15) is 11.1 Å². The van der Waals surface area contributed by atoms with Crippen LogP contribution in [0, 0.1) is 0 Å². The van der Waals surface area contributed by atoms with Crippen molar-refractivity contribution < 1.29 is 16.8 Å². The van der Waals surface area contributed by atoms with Gasteiger partial charge in [0.05, 0.1) is 22.9 Å². The van der Waals surface area contributed by atoms with Crippen LogP contribution in [0.2, 0.25) is 0 Å². The van der Waals surface area contributed by atoms with Gasteiger partial charge in [0, 0.05) is 18.1 Å². The minimum Gasteiger partial charge on any atom is -0.324 e. The minimum atomic E-state index is -3.15. The summed E-state index contributed by atoms with van der Waals surface area (Å²) in [6.45, 7) is 0. The summed E-state index contributed by atoms with van der Waals surface area (Å²) < 4.78 is 51.6. The maximum Gasteiger partial charge on any atom is 0.237 e. The molecule has 0 fully saturated rings. The Morgan fingerprint density at radius 3 is 1.96 bits per heavy atom. The first-order valence-corrected chi connectivity index (χ1v) is 11.5. The van der Waals surface area contributed by atoms with Gasteiger partial charge in [0.1, 0.15) is 0 Å². The lowest BCUT2D eigenvalue weighted by Gasteiger charge is -2.04. The molecule has 27 heavy (non-hydrogen) atoms. The Labute approximate surface area is 157 Å². The van der Waals surface area contributed by atoms with E-state index in [4.69, 9.17) is 0 Å². The monoisotopic (exact) mass is 403 g/mol. The standard InChI is InChI=1S/C11H10N2O2S.C7H7NO2S/c14-16(15)8-9-7-10(3-4-11(9)12-16)13-5-1-2-6-13;9-11(10)5-6-3-1-2-4-7(6)8-11/h1-7,12H,8H2;1-4,8H,5H2. The highest BCUT2D eigenvalue weighted by molar-refractivity contribution is 7.92. The highest BCUT2D eigenvalue weighted by Gasteiger charge is 2.23. The molecule has 9 heteroatoms. The van der Waals surface area contributed by atoms with E-state index in [2.05, 4.69) is 9.44 Å². The number of benzene rings is 2. The van der Waals surface area contributed by atoms with Gasteiger partial charge in [-0.05, 0) is 47.5 Å². The molecule has 5 rings (SSSR count). The molecule has 0 saturated heterocycles. The normalized spacial score (nSPS) is 17.6. The van der Waals surface area contributed by atoms with Crippen molar-refractivity contribution in [1.82, 2.24) is 4.57 Å². The van der Waals surface area contributed by atoms with Gasteiger partial charge in [0.2, 0.25) is 20.0 Å². The molecule has 0 spiro atoms. The highest BCUT2D eigenvalue weighted by atomic mass is 32.2. The van der Waals surface area contributed by atoms with E-state index in [0.29, 0.717) is 11.4 Å². The average molecular weight is 403 g/mol. The topological polar surface area (TPSA) is 97.3 Å². The third kappa shape index (κ3) is 3.83. The molecule has 7 nitrogen and oxygen atoms in total. The number of nitrogens with zero attached hydrogens (tertiary/aromatic N) is 1. The van der Waals surface area contributed by atoms with Gasteiger partial charge in [0.25, 0.3) is 0 Å². The fourth-order valence-corrected chi connectivity index (χ4v) is 5.55. The number of sulfonamides is 2. The first-order valence-electron chi connectivity index (χ1n) is 8.16. The predicted molar refractivity (Wildman–Crippen MR) is 105 cm³/mol. The van der Waals surface area contributed by atoms with Crippen molar-refractivity contribution in [3.05, 3.63) is 78.1 Å². The number of rotatable bonds is 1. The van der Waals surface area contributed by atoms with Gasteiger partial charge in [-0.25, -0.2) is 16.8 Å². The van der Waals surface area contributed by atoms with Crippen molar-refractivity contribution in [2.24, 2.45) is 0 Å². The van der Waals surface area contributed by atoms with Crippen molar-refractivity contribution in [3.8, 4) is 5.69 Å². The van der Waals surface area contributed by atoms with Crippen molar-refractivity contribution >= 4 is 31.4 Å². The molecule has 2 aromatic carbocycles. The van der Waals surface area contributed by atoms with Gasteiger partial charge in [-0.3, -0.25) is 9.44 Å². The first-order chi connectivity index (χ1) is 12.8. The first kappa shape index (κ1) is 17.6. The van der Waals surface area contributed by atoms with Gasteiger partial charge in [-0.1, -0.05) is 18.2 Å². The summed E-state index contributed by atoms with van der Waals surface area (Å²) in [5, 5.41) is 0. The summed E-state index contributed by atoms with van der Waals surface area (Å²) in [5.41, 5.74) is 4.06. The lowest BCUT2D eigenvalue weighted by atomic mass is 10.2. The maximum atomic E-state index is 11.4. The Hall–Kier alpha value is -2.78. The van der Waals surface area contributed by atoms with Gasteiger partial charge in [0.15, 0.2) is 0 Å². The SMILES string of the molecule is O=S1(=O)Cc2cc(-n3cccc3)ccc2N1.O=S1(=O)Cc2ccccc2N1. The summed E-state index contributed by atoms with van der Waals surface area (Å²) in [7, 11) is -6.21. The fourth-order valence-electron chi connectivity index (χ4n) is 3.03. The number of hydrogen-bond acceptors (Lipinski definition) is 4. The third-order valence-corrected chi connectivity index (χ3v) is 6.67. The largest absolute Gasteiger partial charge is 0.324 e. The molecule has 0 atom stereocenters. The molecule has 0 unspecified atom stereocenters. The smallest absolute Gasteiger partial charge is 0.237 e. The molecule has 2 aliphatic rings. The van der Waals surface area contributed by atoms with Crippen LogP contribution in [0.3, 0.4) is 0 Å². The molecule has 2 N–H and O–H groups in total. The summed E-state index contributed by atoms with van der Waals surface area (Å²) in [6, 6.07) is 16.7. The van der Waals surface area contributed by atoms with Crippen molar-refractivity contribution in [2.75, 3.05) is 9.44 Å². The van der Waals surface area contributed by atoms with E-state index in [0.717, 1.165) is 16.8 Å². The van der Waals surface area contributed by atoms with Crippen LogP contribution in [-0.4, -0.2) is 21.4 Å². The Bertz CT molecular complexity index is 1170. The van der Waals surface area contributed by atoms with Crippen LogP contribution in [0.25, 0.3) is 5.69 Å². The second-order valence-corrected chi connectivity index (χ2v) is 9.76. The highest BCUT2D eigenvalue weighted by Crippen LogP contribution is 2.29. The zero-order valence-electron chi connectivity index (χ0n) is 14.2. The van der Waals surface area contributed by atoms with Crippen molar-refractivity contribution in [1.29, 1.82) is 0 Å². The number of nitrogens with one attached hydrogen (secondary N) is 2. The molecular weight excluding hydrogens is 386 g/mol. The van der Waals surface area contributed by atoms with E-state index in [1.165, 1.54) is 0 Å². The summed E-state index contributed by atoms with van der Waals surface area (Å²) >= 11 is 0. The maximum absolute atomic E-state index is 11.4. The lowest BCUT2D eigenvalue weighted by molar-refractivity contribution is 0.600. The average Bonchev–Trinajstić information content (AvgIpc) is 3.28. The van der Waals surface area contributed by atoms with Gasteiger partial charge in [-0.2, -0.15) is 0 Å². The Kier molecular flexibility index (Phi) is 4.20. The summed E-state index contributed by atoms with van der Waals surface area (Å²) in [4.78, 5) is 0. The molecule has 3 aromatic rings. The van der Waals surface area contributed by atoms with Crippen LogP contribution >= 0.6 is 0 Å². The third-order valence-electron chi connectivity index (χ3n) is 4.23. The summed E-state index contributed by atoms with van der Waals surface area (Å²) in [6.07, 6.45) is 3.86. The minimum absolute atomic E-state index is 0.0669. The predicted octanol–water partition coefficient (Wildman–Crippen LogP) is 2.67. The van der Waals surface area contributed by atoms with Crippen LogP contribution in [-0.2, 0) is 31.6 Å². The summed E-state index contributed by atoms with van der Waals surface area (Å²) in [5.74, 6) is 0.181. The van der Waals surface area contributed by atoms with Gasteiger partial charge >= 0.3 is 0 Å². The van der Waals surface area contributed by atoms with E-state index < -0.39 is 20.0 Å².